The Kier molecular flexibility index (Phi) is 5.41. The molecule has 2 aromatic rings. The number of nitrogens with one attached hydrogen (secondary N) is 1. The van der Waals surface area contributed by atoms with Crippen molar-refractivity contribution in [1.82, 2.24) is 15.5 Å². The Morgan fingerprint density at radius 1 is 1.40 bits per heavy atom. The second kappa shape index (κ2) is 7.55. The molecule has 0 spiro atoms. The van der Waals surface area contributed by atoms with Crippen molar-refractivity contribution in [3.8, 4) is 10.7 Å². The molecule has 1 N–H and O–H groups in total. The van der Waals surface area contributed by atoms with Crippen molar-refractivity contribution in [3.05, 3.63) is 23.4 Å². The van der Waals surface area contributed by atoms with Crippen molar-refractivity contribution >= 4 is 17.2 Å². The van der Waals surface area contributed by atoms with Crippen LogP contribution in [0.2, 0.25) is 0 Å². The van der Waals surface area contributed by atoms with Gasteiger partial charge in [-0.1, -0.05) is 17.6 Å². The highest BCUT2D eigenvalue weighted by Crippen LogP contribution is 2.37. The first-order chi connectivity index (χ1) is 11.9. The minimum Gasteiger partial charge on any atom is -0.353 e. The number of aromatic nitrogens is 2. The molecule has 1 fully saturated rings. The van der Waals surface area contributed by atoms with E-state index in [4.69, 9.17) is 4.52 Å². The summed E-state index contributed by atoms with van der Waals surface area (Å²) in [6, 6.07) is 3.32. The number of halogens is 3. The zero-order chi connectivity index (χ0) is 17.9. The van der Waals surface area contributed by atoms with Crippen LogP contribution >= 0.6 is 11.3 Å². The topological polar surface area (TPSA) is 68.0 Å². The quantitative estimate of drug-likeness (QED) is 0.861. The first-order valence-electron chi connectivity index (χ1n) is 8.14. The number of hydrogen-bond acceptors (Lipinski definition) is 5. The van der Waals surface area contributed by atoms with Crippen LogP contribution in [0.1, 0.15) is 38.0 Å². The van der Waals surface area contributed by atoms with Crippen molar-refractivity contribution in [1.29, 1.82) is 0 Å². The lowest BCUT2D eigenvalue weighted by atomic mass is 9.85. The monoisotopic (exact) mass is 373 g/mol. The van der Waals surface area contributed by atoms with Crippen LogP contribution in [0.5, 0.6) is 0 Å². The van der Waals surface area contributed by atoms with Gasteiger partial charge in [-0.15, -0.1) is 11.3 Å². The maximum Gasteiger partial charge on any atom is 0.391 e. The van der Waals surface area contributed by atoms with E-state index in [2.05, 4.69) is 15.5 Å². The van der Waals surface area contributed by atoms with E-state index in [1.54, 1.807) is 0 Å². The van der Waals surface area contributed by atoms with E-state index in [0.717, 1.165) is 4.88 Å². The average Bonchev–Trinajstić information content (AvgIpc) is 3.24. The van der Waals surface area contributed by atoms with Gasteiger partial charge in [0.1, 0.15) is 0 Å². The van der Waals surface area contributed by atoms with Crippen LogP contribution in [0.3, 0.4) is 0 Å². The maximum absolute atomic E-state index is 12.8. The number of alkyl halides is 3. The SMILES string of the molecule is O=C(CCc1nc(-c2cccs2)no1)N[C@H]1CCC[C@H](C(F)(F)F)C1. The summed E-state index contributed by atoms with van der Waals surface area (Å²) in [5, 5.41) is 8.46. The molecule has 5 nitrogen and oxygen atoms in total. The van der Waals surface area contributed by atoms with Crippen molar-refractivity contribution in [2.24, 2.45) is 5.92 Å². The molecule has 1 aliphatic carbocycles. The Bertz CT molecular complexity index is 700. The van der Waals surface area contributed by atoms with Gasteiger partial charge in [0.25, 0.3) is 0 Å². The Morgan fingerprint density at radius 2 is 2.24 bits per heavy atom. The number of nitrogens with zero attached hydrogens (tertiary/aromatic N) is 2. The predicted octanol–water partition coefficient (Wildman–Crippen LogP) is 3.97. The average molecular weight is 373 g/mol. The van der Waals surface area contributed by atoms with E-state index in [-0.39, 0.29) is 31.6 Å². The first-order valence-corrected chi connectivity index (χ1v) is 9.02. The van der Waals surface area contributed by atoms with Crippen molar-refractivity contribution in [3.63, 3.8) is 0 Å². The summed E-state index contributed by atoms with van der Waals surface area (Å²) < 4.78 is 43.5. The third kappa shape index (κ3) is 4.81. The molecule has 1 saturated carbocycles. The Morgan fingerprint density at radius 3 is 2.96 bits per heavy atom. The molecule has 0 bridgehead atoms. The number of rotatable bonds is 5. The van der Waals surface area contributed by atoms with Gasteiger partial charge < -0.3 is 9.84 Å². The third-order valence-electron chi connectivity index (χ3n) is 4.28. The van der Waals surface area contributed by atoms with Crippen molar-refractivity contribution < 1.29 is 22.5 Å². The second-order valence-electron chi connectivity index (χ2n) is 6.16. The summed E-state index contributed by atoms with van der Waals surface area (Å²) in [6.07, 6.45) is -2.66. The Labute approximate surface area is 146 Å². The van der Waals surface area contributed by atoms with Gasteiger partial charge in [-0.3, -0.25) is 4.79 Å². The van der Waals surface area contributed by atoms with E-state index in [0.29, 0.717) is 24.6 Å². The molecule has 1 aliphatic rings. The van der Waals surface area contributed by atoms with Crippen LogP contribution in [0.4, 0.5) is 13.2 Å². The van der Waals surface area contributed by atoms with E-state index in [1.807, 2.05) is 17.5 Å². The summed E-state index contributed by atoms with van der Waals surface area (Å²) >= 11 is 1.48. The lowest BCUT2D eigenvalue weighted by Crippen LogP contribution is -2.41. The molecule has 136 valence electrons. The molecule has 3 rings (SSSR count). The fourth-order valence-corrected chi connectivity index (χ4v) is 3.65. The van der Waals surface area contributed by atoms with Gasteiger partial charge in [-0.2, -0.15) is 18.2 Å². The van der Waals surface area contributed by atoms with Gasteiger partial charge in [-0.05, 0) is 30.7 Å². The lowest BCUT2D eigenvalue weighted by molar-refractivity contribution is -0.184. The molecule has 2 heterocycles. The summed E-state index contributed by atoms with van der Waals surface area (Å²) in [6.45, 7) is 0. The van der Waals surface area contributed by atoms with Gasteiger partial charge >= 0.3 is 6.18 Å². The number of hydrogen-bond donors (Lipinski definition) is 1. The molecule has 2 aromatic heterocycles. The zero-order valence-corrected chi connectivity index (χ0v) is 14.2. The minimum absolute atomic E-state index is 0.0433. The van der Waals surface area contributed by atoms with Crippen molar-refractivity contribution in [2.45, 2.75) is 50.7 Å². The summed E-state index contributed by atoms with van der Waals surface area (Å²) in [4.78, 5) is 17.1. The van der Waals surface area contributed by atoms with Crippen molar-refractivity contribution in [2.75, 3.05) is 0 Å². The van der Waals surface area contributed by atoms with Crippen LogP contribution in [-0.2, 0) is 11.2 Å². The predicted molar refractivity (Wildman–Crippen MR) is 85.9 cm³/mol. The molecule has 25 heavy (non-hydrogen) atoms. The molecule has 0 aromatic carbocycles. The minimum atomic E-state index is -4.19. The summed E-state index contributed by atoms with van der Waals surface area (Å²) in [7, 11) is 0. The fraction of sp³-hybridized carbons (Fsp3) is 0.562. The molecule has 0 aliphatic heterocycles. The molecule has 1 amide bonds. The number of amides is 1. The van der Waals surface area contributed by atoms with Gasteiger partial charge in [0.2, 0.25) is 17.6 Å². The highest BCUT2D eigenvalue weighted by atomic mass is 32.1. The fourth-order valence-electron chi connectivity index (χ4n) is 3.00. The lowest BCUT2D eigenvalue weighted by Gasteiger charge is -2.31. The first kappa shape index (κ1) is 17.9. The van der Waals surface area contributed by atoms with E-state index < -0.39 is 18.1 Å². The van der Waals surface area contributed by atoms with Crippen LogP contribution in [0, 0.1) is 5.92 Å². The molecule has 2 atom stereocenters. The molecular weight excluding hydrogens is 355 g/mol. The number of carbonyl (C=O) groups excluding carboxylic acids is 1. The summed E-state index contributed by atoms with van der Waals surface area (Å²) in [5.74, 6) is -0.791. The van der Waals surface area contributed by atoms with Gasteiger partial charge in [-0.25, -0.2) is 0 Å². The van der Waals surface area contributed by atoms with Crippen LogP contribution in [-0.4, -0.2) is 28.3 Å². The molecule has 0 unspecified atom stereocenters. The smallest absolute Gasteiger partial charge is 0.353 e. The Balaban J connectivity index is 1.47. The second-order valence-corrected chi connectivity index (χ2v) is 7.11. The number of aryl methyl sites for hydroxylation is 1. The van der Waals surface area contributed by atoms with Crippen LogP contribution in [0.15, 0.2) is 22.0 Å². The Hall–Kier alpha value is -1.90. The largest absolute Gasteiger partial charge is 0.391 e. The van der Waals surface area contributed by atoms with Gasteiger partial charge in [0.15, 0.2) is 0 Å². The normalized spacial score (nSPS) is 21.2. The molecule has 0 saturated heterocycles. The number of carbonyl (C=O) groups is 1. The van der Waals surface area contributed by atoms with Gasteiger partial charge in [0.05, 0.1) is 10.8 Å². The summed E-state index contributed by atoms with van der Waals surface area (Å²) in [5.41, 5.74) is 0. The van der Waals surface area contributed by atoms with Crippen LogP contribution in [0.25, 0.3) is 10.7 Å². The number of thiophene rings is 1. The maximum atomic E-state index is 12.8. The highest BCUT2D eigenvalue weighted by molar-refractivity contribution is 7.13. The highest BCUT2D eigenvalue weighted by Gasteiger charge is 2.42. The molecule has 9 heteroatoms. The third-order valence-corrected chi connectivity index (χ3v) is 5.14. The van der Waals surface area contributed by atoms with Gasteiger partial charge in [0, 0.05) is 18.9 Å². The van der Waals surface area contributed by atoms with E-state index >= 15 is 0 Å². The molecule has 0 radical (unpaired) electrons. The zero-order valence-electron chi connectivity index (χ0n) is 13.4. The van der Waals surface area contributed by atoms with E-state index in [9.17, 15) is 18.0 Å². The molecular formula is C16H18F3N3O2S. The van der Waals surface area contributed by atoms with E-state index in [1.165, 1.54) is 11.3 Å². The standard InChI is InChI=1S/C16H18F3N3O2S/c17-16(18,19)10-3-1-4-11(9-10)20-13(23)6-7-14-21-15(22-24-14)12-5-2-8-25-12/h2,5,8,10-11H,1,3-4,6-7,9H2,(H,20,23)/t10-,11-/m0/s1. The van der Waals surface area contributed by atoms with Crippen LogP contribution < -0.4 is 5.32 Å².